The van der Waals surface area contributed by atoms with Crippen molar-refractivity contribution in [1.82, 2.24) is 5.32 Å². The number of nitrogens with zero attached hydrogens (tertiary/aromatic N) is 2. The second-order valence-corrected chi connectivity index (χ2v) is 8.04. The van der Waals surface area contributed by atoms with Crippen LogP contribution in [0, 0.1) is 0 Å². The van der Waals surface area contributed by atoms with Gasteiger partial charge in [0.2, 0.25) is 5.91 Å². The largest absolute Gasteiger partial charge is 0.468 e. The lowest BCUT2D eigenvalue weighted by Crippen LogP contribution is -2.52. The van der Waals surface area contributed by atoms with Crippen LogP contribution >= 0.6 is 0 Å². The van der Waals surface area contributed by atoms with Gasteiger partial charge in [-0.25, -0.2) is 0 Å². The highest BCUT2D eigenvalue weighted by Gasteiger charge is 2.36. The van der Waals surface area contributed by atoms with Gasteiger partial charge in [-0.1, -0.05) is 48.5 Å². The molecule has 0 radical (unpaired) electrons. The van der Waals surface area contributed by atoms with Crippen LogP contribution < -0.4 is 15.1 Å². The summed E-state index contributed by atoms with van der Waals surface area (Å²) in [6.45, 7) is 0.128. The summed E-state index contributed by atoms with van der Waals surface area (Å²) >= 11 is 0. The Balaban J connectivity index is 1.65. The second-order valence-electron chi connectivity index (χ2n) is 8.04. The van der Waals surface area contributed by atoms with Crippen molar-refractivity contribution in [3.05, 3.63) is 72.3 Å². The van der Waals surface area contributed by atoms with E-state index in [1.54, 1.807) is 24.3 Å². The van der Waals surface area contributed by atoms with Crippen molar-refractivity contribution in [2.45, 2.75) is 12.6 Å². The molecular weight excluding hydrogens is 434 g/mol. The van der Waals surface area contributed by atoms with Crippen LogP contribution in [0.1, 0.15) is 5.56 Å². The molecule has 1 atom stereocenters. The summed E-state index contributed by atoms with van der Waals surface area (Å²) in [6, 6.07) is 20.4. The lowest BCUT2D eigenvalue weighted by molar-refractivity contribution is -0.140. The van der Waals surface area contributed by atoms with Gasteiger partial charge in [0.25, 0.3) is 5.91 Å². The first-order valence-corrected chi connectivity index (χ1v) is 11.0. The molecule has 1 aliphatic heterocycles. The van der Waals surface area contributed by atoms with Crippen molar-refractivity contribution in [1.29, 1.82) is 0 Å². The van der Waals surface area contributed by atoms with Crippen LogP contribution in [0.4, 0.5) is 11.4 Å². The second kappa shape index (κ2) is 10.5. The fourth-order valence-corrected chi connectivity index (χ4v) is 4.12. The number of methoxy groups -OCH3 is 2. The molecule has 0 aromatic heterocycles. The van der Waals surface area contributed by atoms with Crippen LogP contribution in [0.5, 0.6) is 0 Å². The van der Waals surface area contributed by atoms with Crippen LogP contribution in [0.15, 0.2) is 66.7 Å². The molecule has 4 rings (SSSR count). The van der Waals surface area contributed by atoms with Crippen LogP contribution in [0.25, 0.3) is 10.8 Å². The Morgan fingerprint density at radius 2 is 1.68 bits per heavy atom. The maximum atomic E-state index is 13.6. The first-order valence-electron chi connectivity index (χ1n) is 11.0. The third kappa shape index (κ3) is 4.93. The minimum atomic E-state index is -0.746. The van der Waals surface area contributed by atoms with E-state index >= 15 is 0 Å². The Hall–Kier alpha value is -3.75. The lowest BCUT2D eigenvalue weighted by atomic mass is 10.1. The average Bonchev–Trinajstić information content (AvgIpc) is 2.97. The van der Waals surface area contributed by atoms with Gasteiger partial charge in [0.05, 0.1) is 25.0 Å². The number of rotatable bonds is 7. The van der Waals surface area contributed by atoms with E-state index in [9.17, 15) is 14.4 Å². The van der Waals surface area contributed by atoms with Crippen molar-refractivity contribution in [3.8, 4) is 0 Å². The number of carbonyl (C=O) groups excluding carboxylic acids is 3. The van der Waals surface area contributed by atoms with Gasteiger partial charge in [0.15, 0.2) is 0 Å². The predicted molar refractivity (Wildman–Crippen MR) is 130 cm³/mol. The molecular formula is C26H27N3O5. The Kier molecular flexibility index (Phi) is 7.20. The lowest BCUT2D eigenvalue weighted by Gasteiger charge is -2.25. The molecule has 1 N–H and O–H groups in total. The van der Waals surface area contributed by atoms with Gasteiger partial charge in [-0.2, -0.15) is 0 Å². The van der Waals surface area contributed by atoms with Crippen LogP contribution in [-0.2, 0) is 30.4 Å². The van der Waals surface area contributed by atoms with Crippen molar-refractivity contribution in [2.24, 2.45) is 0 Å². The molecule has 8 heteroatoms. The summed E-state index contributed by atoms with van der Waals surface area (Å²) in [7, 11) is 2.73. The number of hydrogen-bond donors (Lipinski definition) is 1. The van der Waals surface area contributed by atoms with E-state index in [0.717, 1.165) is 16.3 Å². The van der Waals surface area contributed by atoms with E-state index in [2.05, 4.69) is 11.4 Å². The third-order valence-electron chi connectivity index (χ3n) is 5.84. The van der Waals surface area contributed by atoms with Crippen LogP contribution in [-0.4, -0.2) is 57.7 Å². The molecule has 1 heterocycles. The fraction of sp³-hybridized carbons (Fsp3) is 0.269. The van der Waals surface area contributed by atoms with Crippen molar-refractivity contribution >= 4 is 39.9 Å². The van der Waals surface area contributed by atoms with E-state index in [4.69, 9.17) is 9.47 Å². The number of fused-ring (bicyclic) bond motifs is 2. The zero-order valence-electron chi connectivity index (χ0n) is 19.2. The third-order valence-corrected chi connectivity index (χ3v) is 5.84. The first-order chi connectivity index (χ1) is 16.5. The summed E-state index contributed by atoms with van der Waals surface area (Å²) in [5.41, 5.74) is 2.01. The number of ether oxygens (including phenoxy) is 2. The molecule has 0 bridgehead atoms. The summed E-state index contributed by atoms with van der Waals surface area (Å²) in [5, 5.41) is 5.53. The van der Waals surface area contributed by atoms with Crippen LogP contribution in [0.2, 0.25) is 0 Å². The normalized spacial score (nSPS) is 15.7. The average molecular weight is 462 g/mol. The molecule has 0 spiro atoms. The number of nitrogens with one attached hydrogen (secondary N) is 1. The highest BCUT2D eigenvalue weighted by Crippen LogP contribution is 2.33. The molecule has 0 fully saturated rings. The number of benzene rings is 3. The maximum Gasteiger partial charge on any atom is 0.325 e. The van der Waals surface area contributed by atoms with Gasteiger partial charge in [-0.15, -0.1) is 0 Å². The monoisotopic (exact) mass is 461 g/mol. The molecule has 0 saturated heterocycles. The fourth-order valence-electron chi connectivity index (χ4n) is 4.12. The summed E-state index contributed by atoms with van der Waals surface area (Å²) in [5.74, 6) is -1.14. The molecule has 176 valence electrons. The first kappa shape index (κ1) is 23.4. The van der Waals surface area contributed by atoms with E-state index in [-0.39, 0.29) is 31.5 Å². The number of esters is 1. The van der Waals surface area contributed by atoms with Gasteiger partial charge in [-0.3, -0.25) is 19.3 Å². The highest BCUT2D eigenvalue weighted by molar-refractivity contribution is 6.09. The summed E-state index contributed by atoms with van der Waals surface area (Å²) in [6.07, 6.45) is 0. The van der Waals surface area contributed by atoms with E-state index in [1.165, 1.54) is 24.0 Å². The smallest absolute Gasteiger partial charge is 0.325 e. The Bertz CT molecular complexity index is 1210. The quantitative estimate of drug-likeness (QED) is 0.544. The summed E-state index contributed by atoms with van der Waals surface area (Å²) in [4.78, 5) is 41.6. The molecule has 1 aliphatic rings. The van der Waals surface area contributed by atoms with E-state index < -0.39 is 12.0 Å². The maximum absolute atomic E-state index is 13.6. The molecule has 2 amide bonds. The number of anilines is 2. The number of carbonyl (C=O) groups is 3. The van der Waals surface area contributed by atoms with Gasteiger partial charge < -0.3 is 19.7 Å². The number of hydrogen-bond acceptors (Lipinski definition) is 6. The van der Waals surface area contributed by atoms with E-state index in [1.807, 2.05) is 36.4 Å². The molecule has 1 unspecified atom stereocenters. The molecule has 34 heavy (non-hydrogen) atoms. The van der Waals surface area contributed by atoms with Crippen LogP contribution in [0.3, 0.4) is 0 Å². The van der Waals surface area contributed by atoms with E-state index in [0.29, 0.717) is 17.9 Å². The zero-order chi connectivity index (χ0) is 24.1. The Labute approximate surface area is 198 Å². The van der Waals surface area contributed by atoms with Gasteiger partial charge >= 0.3 is 5.97 Å². The standard InChI is InChI=1S/C26H27N3O5/c1-33-17-24(30)28-15-21(27-14-18-11-12-19-7-3-4-8-20(19)13-18)26(32)29(16-25(31)34-2)23-10-6-5-9-22(23)28/h3-13,21,27H,14-17H2,1-2H3. The zero-order valence-corrected chi connectivity index (χ0v) is 19.2. The van der Waals surface area contributed by atoms with Crippen molar-refractivity contribution in [2.75, 3.05) is 43.7 Å². The van der Waals surface area contributed by atoms with Crippen molar-refractivity contribution in [3.63, 3.8) is 0 Å². The Morgan fingerprint density at radius 3 is 2.41 bits per heavy atom. The van der Waals surface area contributed by atoms with Gasteiger partial charge in [0, 0.05) is 13.7 Å². The molecule has 0 saturated carbocycles. The van der Waals surface area contributed by atoms with Gasteiger partial charge in [0.1, 0.15) is 19.2 Å². The SMILES string of the molecule is COCC(=O)N1CC(NCc2ccc3ccccc3c2)C(=O)N(CC(=O)OC)c2ccccc21. The molecule has 0 aliphatic carbocycles. The Morgan fingerprint density at radius 1 is 0.971 bits per heavy atom. The number of amides is 2. The van der Waals surface area contributed by atoms with Crippen molar-refractivity contribution < 1.29 is 23.9 Å². The van der Waals surface area contributed by atoms with Gasteiger partial charge in [-0.05, 0) is 34.5 Å². The molecule has 3 aromatic rings. The number of para-hydroxylation sites is 2. The highest BCUT2D eigenvalue weighted by atomic mass is 16.5. The topological polar surface area (TPSA) is 88.2 Å². The predicted octanol–water partition coefficient (Wildman–Crippen LogP) is 2.50. The summed E-state index contributed by atoms with van der Waals surface area (Å²) < 4.78 is 9.89. The molecule has 3 aromatic carbocycles. The minimum absolute atomic E-state index is 0.100. The molecule has 8 nitrogen and oxygen atoms in total. The minimum Gasteiger partial charge on any atom is -0.468 e.